The van der Waals surface area contributed by atoms with Crippen molar-refractivity contribution in [1.29, 1.82) is 0 Å². The number of morpholine rings is 1. The van der Waals surface area contributed by atoms with Crippen LogP contribution < -0.4 is 20.9 Å². The zero-order valence-corrected chi connectivity index (χ0v) is 17.8. The van der Waals surface area contributed by atoms with Crippen LogP contribution in [0.3, 0.4) is 0 Å². The molecule has 4 aliphatic heterocycles. The molecule has 0 aromatic carbocycles. The van der Waals surface area contributed by atoms with Gasteiger partial charge in [-0.15, -0.1) is 12.4 Å². The Balaban J connectivity index is 0.00000193. The van der Waals surface area contributed by atoms with Crippen LogP contribution in [-0.4, -0.2) is 70.9 Å². The van der Waals surface area contributed by atoms with Crippen LogP contribution in [0.2, 0.25) is 0 Å². The Hall–Kier alpha value is -2.23. The number of rotatable bonds is 3. The maximum atomic E-state index is 5.72. The first-order chi connectivity index (χ1) is 14.2. The van der Waals surface area contributed by atoms with Crippen LogP contribution in [-0.2, 0) is 11.2 Å². The van der Waals surface area contributed by atoms with Crippen LogP contribution in [0.25, 0.3) is 11.3 Å². The standard InChI is InChI=1S/C20H26N8O.ClH/c1-11-10-29-5-4-27(11)20-25-16(13-8-23-19(21)24-9-13)14-2-3-28(18(14)26-20)17-12-6-15(17)22-7-12;/h8-9,11-12,15,17,22H,2-7,10H2,1H3,(H2,21,23,24);1H/t11-,12-,15-,17-;/m0./s1. The summed E-state index contributed by atoms with van der Waals surface area (Å²) in [6, 6.07) is 1.39. The fraction of sp³-hybridized carbons (Fsp3) is 0.600. The monoisotopic (exact) mass is 430 g/mol. The van der Waals surface area contributed by atoms with E-state index in [1.54, 1.807) is 12.4 Å². The van der Waals surface area contributed by atoms with Gasteiger partial charge >= 0.3 is 0 Å². The fourth-order valence-corrected chi connectivity index (χ4v) is 5.33. The Morgan fingerprint density at radius 2 is 2.00 bits per heavy atom. The van der Waals surface area contributed by atoms with Gasteiger partial charge in [-0.1, -0.05) is 0 Å². The van der Waals surface area contributed by atoms with Gasteiger partial charge in [0, 0.05) is 55.2 Å². The zero-order chi connectivity index (χ0) is 19.5. The molecule has 2 aromatic rings. The minimum Gasteiger partial charge on any atom is -0.377 e. The topological polar surface area (TPSA) is 105 Å². The predicted molar refractivity (Wildman–Crippen MR) is 117 cm³/mol. The zero-order valence-electron chi connectivity index (χ0n) is 17.0. The SMILES string of the molecule is C[C@H]1COCCN1c1nc(-c2cnc(N)nc2)c2c(n1)N([C@H]1[C@@H]3CN[C@H]1C3)CC2.Cl. The van der Waals surface area contributed by atoms with Crippen molar-refractivity contribution in [3.63, 3.8) is 0 Å². The molecular formula is C20H27ClN8O. The van der Waals surface area contributed by atoms with E-state index in [1.807, 2.05) is 0 Å². The van der Waals surface area contributed by atoms with E-state index in [-0.39, 0.29) is 24.4 Å². The number of hydrogen-bond acceptors (Lipinski definition) is 9. The van der Waals surface area contributed by atoms with E-state index in [2.05, 4.69) is 32.0 Å². The first kappa shape index (κ1) is 19.7. The Kier molecular flexibility index (Phi) is 4.91. The lowest BCUT2D eigenvalue weighted by molar-refractivity contribution is 0.0981. The number of nitrogen functional groups attached to an aromatic ring is 1. The minimum absolute atomic E-state index is 0. The quantitative estimate of drug-likeness (QED) is 0.734. The number of hydrogen-bond donors (Lipinski definition) is 2. The molecule has 3 saturated heterocycles. The molecule has 0 amide bonds. The van der Waals surface area contributed by atoms with Gasteiger partial charge in [0.1, 0.15) is 5.82 Å². The van der Waals surface area contributed by atoms with E-state index in [9.17, 15) is 0 Å². The lowest BCUT2D eigenvalue weighted by Crippen LogP contribution is -2.54. The highest BCUT2D eigenvalue weighted by Gasteiger charge is 2.51. The predicted octanol–water partition coefficient (Wildman–Crippen LogP) is 0.885. The van der Waals surface area contributed by atoms with E-state index in [4.69, 9.17) is 20.4 Å². The number of nitrogens with zero attached hydrogens (tertiary/aromatic N) is 6. The van der Waals surface area contributed by atoms with E-state index < -0.39 is 0 Å². The Morgan fingerprint density at radius 1 is 1.17 bits per heavy atom. The van der Waals surface area contributed by atoms with Gasteiger partial charge < -0.3 is 25.6 Å². The van der Waals surface area contributed by atoms with Crippen molar-refractivity contribution >= 4 is 30.1 Å². The average molecular weight is 431 g/mol. The van der Waals surface area contributed by atoms with E-state index in [0.717, 1.165) is 55.0 Å². The summed E-state index contributed by atoms with van der Waals surface area (Å²) < 4.78 is 5.63. The Morgan fingerprint density at radius 3 is 2.70 bits per heavy atom. The van der Waals surface area contributed by atoms with Crippen molar-refractivity contribution in [3.8, 4) is 11.3 Å². The number of fused-ring (bicyclic) bond motifs is 2. The van der Waals surface area contributed by atoms with E-state index >= 15 is 0 Å². The molecule has 5 aliphatic rings. The lowest BCUT2D eigenvalue weighted by atomic mass is 9.79. The van der Waals surface area contributed by atoms with Crippen molar-refractivity contribution in [2.45, 2.75) is 37.9 Å². The van der Waals surface area contributed by atoms with Gasteiger partial charge in [0.25, 0.3) is 0 Å². The Labute approximate surface area is 181 Å². The van der Waals surface area contributed by atoms with Crippen LogP contribution in [0.15, 0.2) is 12.4 Å². The van der Waals surface area contributed by atoms with E-state index in [1.165, 1.54) is 12.0 Å². The molecule has 9 nitrogen and oxygen atoms in total. The van der Waals surface area contributed by atoms with Crippen LogP contribution in [0.5, 0.6) is 0 Å². The van der Waals surface area contributed by atoms with Crippen molar-refractivity contribution < 1.29 is 4.74 Å². The van der Waals surface area contributed by atoms with Crippen LogP contribution in [0.1, 0.15) is 18.9 Å². The summed E-state index contributed by atoms with van der Waals surface area (Å²) >= 11 is 0. The molecular weight excluding hydrogens is 404 g/mol. The minimum atomic E-state index is 0. The summed E-state index contributed by atoms with van der Waals surface area (Å²) in [4.78, 5) is 23.3. The molecule has 30 heavy (non-hydrogen) atoms. The second kappa shape index (κ2) is 7.47. The summed E-state index contributed by atoms with van der Waals surface area (Å²) in [7, 11) is 0. The number of nitrogens with two attached hydrogens (primary N) is 1. The molecule has 4 fully saturated rings. The first-order valence-electron chi connectivity index (χ1n) is 10.5. The molecule has 2 aromatic heterocycles. The summed E-state index contributed by atoms with van der Waals surface area (Å²) in [6.45, 7) is 6.47. The second-order valence-corrected chi connectivity index (χ2v) is 8.57. The largest absolute Gasteiger partial charge is 0.377 e. The van der Waals surface area contributed by atoms with Crippen molar-refractivity contribution in [2.75, 3.05) is 48.4 Å². The third-order valence-electron chi connectivity index (χ3n) is 6.87. The Bertz CT molecular complexity index is 927. The van der Waals surface area contributed by atoms with Crippen LogP contribution >= 0.6 is 12.4 Å². The van der Waals surface area contributed by atoms with Crippen molar-refractivity contribution in [2.24, 2.45) is 5.92 Å². The van der Waals surface area contributed by atoms with Crippen LogP contribution in [0.4, 0.5) is 17.7 Å². The number of nitrogens with one attached hydrogen (secondary N) is 1. The first-order valence-corrected chi connectivity index (χ1v) is 10.5. The molecule has 3 N–H and O–H groups in total. The normalized spacial score (nSPS) is 29.4. The third-order valence-corrected chi connectivity index (χ3v) is 6.87. The molecule has 2 bridgehead atoms. The van der Waals surface area contributed by atoms with E-state index in [0.29, 0.717) is 25.3 Å². The molecule has 7 rings (SSSR count). The highest BCUT2D eigenvalue weighted by molar-refractivity contribution is 5.85. The smallest absolute Gasteiger partial charge is 0.228 e. The maximum absolute atomic E-state index is 5.72. The highest BCUT2D eigenvalue weighted by Crippen LogP contribution is 2.44. The second-order valence-electron chi connectivity index (χ2n) is 8.57. The third kappa shape index (κ3) is 2.99. The summed E-state index contributed by atoms with van der Waals surface area (Å²) in [5, 5.41) is 3.64. The van der Waals surface area contributed by atoms with Gasteiger partial charge in [0.05, 0.1) is 24.9 Å². The van der Waals surface area contributed by atoms with Gasteiger partial charge in [-0.05, 0) is 25.7 Å². The maximum Gasteiger partial charge on any atom is 0.228 e. The molecule has 6 heterocycles. The highest BCUT2D eigenvalue weighted by atomic mass is 35.5. The molecule has 1 saturated carbocycles. The lowest BCUT2D eigenvalue weighted by Gasteiger charge is -2.42. The summed E-state index contributed by atoms with van der Waals surface area (Å²) in [5.74, 6) is 2.87. The number of ether oxygens (including phenoxy) is 1. The molecule has 0 unspecified atom stereocenters. The van der Waals surface area contributed by atoms with Gasteiger partial charge in [-0.3, -0.25) is 0 Å². The number of halogens is 1. The summed E-state index contributed by atoms with van der Waals surface area (Å²) in [5.41, 5.74) is 8.75. The fourth-order valence-electron chi connectivity index (χ4n) is 5.33. The van der Waals surface area contributed by atoms with Gasteiger partial charge in [0.2, 0.25) is 11.9 Å². The summed E-state index contributed by atoms with van der Waals surface area (Å²) in [6.07, 6.45) is 5.78. The molecule has 0 radical (unpaired) electrons. The van der Waals surface area contributed by atoms with Crippen molar-refractivity contribution in [1.82, 2.24) is 25.3 Å². The van der Waals surface area contributed by atoms with Crippen molar-refractivity contribution in [3.05, 3.63) is 18.0 Å². The molecule has 10 heteroatoms. The molecule has 1 aliphatic carbocycles. The number of anilines is 3. The molecule has 160 valence electrons. The number of aromatic nitrogens is 4. The van der Waals surface area contributed by atoms with Crippen LogP contribution in [0, 0.1) is 5.92 Å². The van der Waals surface area contributed by atoms with Gasteiger partial charge in [-0.2, -0.15) is 4.98 Å². The van der Waals surface area contributed by atoms with Gasteiger partial charge in [0.15, 0.2) is 0 Å². The molecule has 0 spiro atoms. The molecule has 4 atom stereocenters. The average Bonchev–Trinajstić information content (AvgIpc) is 3.45. The van der Waals surface area contributed by atoms with Gasteiger partial charge in [-0.25, -0.2) is 15.0 Å².